The van der Waals surface area contributed by atoms with Crippen LogP contribution in [0.1, 0.15) is 60.3 Å². The average Bonchev–Trinajstić information content (AvgIpc) is 2.39. The minimum absolute atomic E-state index is 0.00951. The molecule has 0 aliphatic heterocycles. The molecule has 0 unspecified atom stereocenters. The quantitative estimate of drug-likeness (QED) is 0.593. The van der Waals surface area contributed by atoms with E-state index < -0.39 is 11.0 Å². The maximum absolute atomic E-state index is 11.8. The van der Waals surface area contributed by atoms with Gasteiger partial charge in [0.05, 0.1) is 12.1 Å². The summed E-state index contributed by atoms with van der Waals surface area (Å²) in [5, 5.41) is 15.1. The third kappa shape index (κ3) is 6.37. The van der Waals surface area contributed by atoms with Gasteiger partial charge < -0.3 is 15.7 Å². The normalized spacial score (nSPS) is 12.1. The molecule has 0 rings (SSSR count). The van der Waals surface area contributed by atoms with Crippen LogP contribution < -0.4 is 10.6 Å². The van der Waals surface area contributed by atoms with Crippen LogP contribution in [0.25, 0.3) is 0 Å². The smallest absolute Gasteiger partial charge is 0.225 e. The lowest BCUT2D eigenvalue weighted by Crippen LogP contribution is -2.50. The number of amides is 2. The second kappa shape index (κ2) is 8.25. The molecular weight excluding hydrogens is 256 g/mol. The zero-order valence-corrected chi connectivity index (χ0v) is 13.5. The van der Waals surface area contributed by atoms with Crippen molar-refractivity contribution in [3.8, 4) is 0 Å². The van der Waals surface area contributed by atoms with E-state index in [0.29, 0.717) is 32.2 Å². The number of rotatable bonds is 8. The van der Waals surface area contributed by atoms with Gasteiger partial charge in [0.2, 0.25) is 11.8 Å². The monoisotopic (exact) mass is 286 g/mol. The van der Waals surface area contributed by atoms with Gasteiger partial charge in [-0.05, 0) is 19.3 Å². The highest BCUT2D eigenvalue weighted by Crippen LogP contribution is 2.14. The maximum atomic E-state index is 11.8. The van der Waals surface area contributed by atoms with E-state index in [-0.39, 0.29) is 18.4 Å². The van der Waals surface area contributed by atoms with Gasteiger partial charge in [-0.1, -0.05) is 34.6 Å². The van der Waals surface area contributed by atoms with E-state index in [1.54, 1.807) is 0 Å². The van der Waals surface area contributed by atoms with Crippen molar-refractivity contribution in [2.24, 2.45) is 5.41 Å². The van der Waals surface area contributed by atoms with Gasteiger partial charge in [-0.25, -0.2) is 0 Å². The molecule has 0 fully saturated rings. The largest absolute Gasteiger partial charge is 0.394 e. The molecule has 0 saturated carbocycles. The molecule has 2 amide bonds. The predicted molar refractivity (Wildman–Crippen MR) is 80.2 cm³/mol. The maximum Gasteiger partial charge on any atom is 0.225 e. The lowest BCUT2D eigenvalue weighted by Gasteiger charge is -2.30. The molecule has 118 valence electrons. The van der Waals surface area contributed by atoms with Crippen molar-refractivity contribution in [3.05, 3.63) is 0 Å². The Hall–Kier alpha value is -1.10. The van der Waals surface area contributed by atoms with Crippen LogP contribution in [0.3, 0.4) is 0 Å². The summed E-state index contributed by atoms with van der Waals surface area (Å²) in [4.78, 5) is 23.5. The molecule has 3 N–H and O–H groups in total. The second-order valence-corrected chi connectivity index (χ2v) is 6.30. The molecule has 5 heteroatoms. The number of carbonyl (C=O) groups excluding carboxylic acids is 2. The molecule has 0 aromatic carbocycles. The van der Waals surface area contributed by atoms with Gasteiger partial charge in [-0.2, -0.15) is 0 Å². The Kier molecular flexibility index (Phi) is 7.79. The first-order valence-electron chi connectivity index (χ1n) is 7.41. The molecule has 0 atom stereocenters. The summed E-state index contributed by atoms with van der Waals surface area (Å²) in [6.07, 6.45) is 2.35. The van der Waals surface area contributed by atoms with E-state index in [9.17, 15) is 14.7 Å². The van der Waals surface area contributed by atoms with Gasteiger partial charge in [-0.15, -0.1) is 0 Å². The molecule has 0 aromatic heterocycles. The van der Waals surface area contributed by atoms with Crippen molar-refractivity contribution in [1.29, 1.82) is 0 Å². The van der Waals surface area contributed by atoms with E-state index in [1.165, 1.54) is 0 Å². The van der Waals surface area contributed by atoms with Crippen molar-refractivity contribution in [2.45, 2.75) is 65.8 Å². The van der Waals surface area contributed by atoms with E-state index >= 15 is 0 Å². The zero-order valence-electron chi connectivity index (χ0n) is 13.5. The highest BCUT2D eigenvalue weighted by atomic mass is 16.3. The van der Waals surface area contributed by atoms with Crippen LogP contribution in [0.4, 0.5) is 0 Å². The molecule has 0 radical (unpaired) electrons. The summed E-state index contributed by atoms with van der Waals surface area (Å²) in [6.45, 7) is 9.90. The number of hydrogen-bond acceptors (Lipinski definition) is 3. The predicted octanol–water partition coefficient (Wildman–Crippen LogP) is 1.60. The molecule has 0 aliphatic carbocycles. The van der Waals surface area contributed by atoms with Crippen molar-refractivity contribution in [1.82, 2.24) is 10.6 Å². The van der Waals surface area contributed by atoms with E-state index in [1.807, 2.05) is 34.6 Å². The SMILES string of the molecule is CCC(CC)(CO)NC(=O)CCCNC(=O)C(C)(C)C. The van der Waals surface area contributed by atoms with Crippen LogP contribution >= 0.6 is 0 Å². The van der Waals surface area contributed by atoms with E-state index in [0.717, 1.165) is 0 Å². The summed E-state index contributed by atoms with van der Waals surface area (Å²) >= 11 is 0. The van der Waals surface area contributed by atoms with Crippen LogP contribution in [0.5, 0.6) is 0 Å². The van der Waals surface area contributed by atoms with Crippen molar-refractivity contribution >= 4 is 11.8 Å². The molecule has 0 aliphatic rings. The van der Waals surface area contributed by atoms with Gasteiger partial charge >= 0.3 is 0 Å². The van der Waals surface area contributed by atoms with Crippen LogP contribution in [-0.4, -0.2) is 35.6 Å². The zero-order chi connectivity index (χ0) is 15.8. The van der Waals surface area contributed by atoms with Crippen molar-refractivity contribution in [2.75, 3.05) is 13.2 Å². The third-order valence-corrected chi connectivity index (χ3v) is 3.61. The van der Waals surface area contributed by atoms with E-state index in [2.05, 4.69) is 10.6 Å². The fourth-order valence-electron chi connectivity index (χ4n) is 1.76. The van der Waals surface area contributed by atoms with Gasteiger partial charge in [0, 0.05) is 18.4 Å². The second-order valence-electron chi connectivity index (χ2n) is 6.30. The number of hydrogen-bond donors (Lipinski definition) is 3. The minimum Gasteiger partial charge on any atom is -0.394 e. The molecule has 20 heavy (non-hydrogen) atoms. The van der Waals surface area contributed by atoms with Crippen LogP contribution in [0, 0.1) is 5.41 Å². The lowest BCUT2D eigenvalue weighted by atomic mass is 9.93. The highest BCUT2D eigenvalue weighted by molar-refractivity contribution is 5.81. The lowest BCUT2D eigenvalue weighted by molar-refractivity contribution is -0.129. The van der Waals surface area contributed by atoms with Gasteiger partial charge in [0.15, 0.2) is 0 Å². The van der Waals surface area contributed by atoms with Crippen LogP contribution in [0.2, 0.25) is 0 Å². The Morgan fingerprint density at radius 2 is 1.65 bits per heavy atom. The Morgan fingerprint density at radius 1 is 1.10 bits per heavy atom. The van der Waals surface area contributed by atoms with Gasteiger partial charge in [0.25, 0.3) is 0 Å². The Bertz CT molecular complexity index is 309. The third-order valence-electron chi connectivity index (χ3n) is 3.61. The number of carbonyl (C=O) groups is 2. The first-order chi connectivity index (χ1) is 9.20. The van der Waals surface area contributed by atoms with Crippen LogP contribution in [0.15, 0.2) is 0 Å². The van der Waals surface area contributed by atoms with Gasteiger partial charge in [-0.3, -0.25) is 9.59 Å². The fraction of sp³-hybridized carbons (Fsp3) is 0.867. The standard InChI is InChI=1S/C15H30N2O3/c1-6-15(7-2,11-18)17-12(19)9-8-10-16-13(20)14(3,4)5/h18H,6-11H2,1-5H3,(H,16,20)(H,17,19). The average molecular weight is 286 g/mol. The fourth-order valence-corrected chi connectivity index (χ4v) is 1.76. The molecule has 0 heterocycles. The summed E-state index contributed by atoms with van der Waals surface area (Å²) in [5.74, 6) is -0.0857. The first-order valence-corrected chi connectivity index (χ1v) is 7.41. The van der Waals surface area contributed by atoms with Crippen molar-refractivity contribution < 1.29 is 14.7 Å². The van der Waals surface area contributed by atoms with Crippen LogP contribution in [-0.2, 0) is 9.59 Å². The number of nitrogens with one attached hydrogen (secondary N) is 2. The summed E-state index contributed by atoms with van der Waals surface area (Å²) in [6, 6.07) is 0. The number of aliphatic hydroxyl groups is 1. The Morgan fingerprint density at radius 3 is 2.05 bits per heavy atom. The molecule has 0 aromatic rings. The summed E-state index contributed by atoms with van der Waals surface area (Å²) in [7, 11) is 0. The minimum atomic E-state index is -0.508. The Balaban J connectivity index is 4.04. The molecule has 0 bridgehead atoms. The van der Waals surface area contributed by atoms with Crippen molar-refractivity contribution in [3.63, 3.8) is 0 Å². The topological polar surface area (TPSA) is 78.4 Å². The summed E-state index contributed by atoms with van der Waals surface area (Å²) < 4.78 is 0. The number of aliphatic hydroxyl groups excluding tert-OH is 1. The first kappa shape index (κ1) is 18.9. The van der Waals surface area contributed by atoms with Gasteiger partial charge in [0.1, 0.15) is 0 Å². The highest BCUT2D eigenvalue weighted by Gasteiger charge is 2.26. The molecule has 5 nitrogen and oxygen atoms in total. The molecular formula is C15H30N2O3. The molecule has 0 saturated heterocycles. The molecule has 0 spiro atoms. The Labute approximate surface area is 122 Å². The van der Waals surface area contributed by atoms with E-state index in [4.69, 9.17) is 0 Å². The summed E-state index contributed by atoms with van der Waals surface area (Å²) in [5.41, 5.74) is -0.912.